The van der Waals surface area contributed by atoms with Gasteiger partial charge in [0.1, 0.15) is 5.65 Å². The van der Waals surface area contributed by atoms with Crippen LogP contribution in [0.4, 0.5) is 0 Å². The number of imidazole rings is 1. The zero-order valence-electron chi connectivity index (χ0n) is 14.7. The lowest BCUT2D eigenvalue weighted by atomic mass is 10.0. The first kappa shape index (κ1) is 16.3. The monoisotopic (exact) mass is 316 g/mol. The maximum absolute atomic E-state index is 4.65. The summed E-state index contributed by atoms with van der Waals surface area (Å²) < 4.78 is 2.19. The molecule has 4 rings (SSSR count). The van der Waals surface area contributed by atoms with Crippen LogP contribution in [0.5, 0.6) is 0 Å². The quantitative estimate of drug-likeness (QED) is 0.456. The third kappa shape index (κ3) is 3.18. The van der Waals surface area contributed by atoms with Gasteiger partial charge in [0.25, 0.3) is 0 Å². The van der Waals surface area contributed by atoms with E-state index in [2.05, 4.69) is 91.0 Å². The fourth-order valence-electron chi connectivity index (χ4n) is 3.00. The van der Waals surface area contributed by atoms with Crippen molar-refractivity contribution in [1.82, 2.24) is 9.38 Å². The molecule has 4 aromatic rings. The molecule has 2 heteroatoms. The number of pyridine rings is 1. The molecule has 0 aliphatic rings. The van der Waals surface area contributed by atoms with Crippen molar-refractivity contribution in [3.05, 3.63) is 83.8 Å². The molecule has 0 atom stereocenters. The first-order valence-electron chi connectivity index (χ1n) is 8.63. The summed E-state index contributed by atoms with van der Waals surface area (Å²) in [5.41, 5.74) is 4.74. The average Bonchev–Trinajstić information content (AvgIpc) is 2.92. The second-order valence-electron chi connectivity index (χ2n) is 6.09. The Morgan fingerprint density at radius 2 is 1.58 bits per heavy atom. The van der Waals surface area contributed by atoms with Gasteiger partial charge in [-0.2, -0.15) is 0 Å². The van der Waals surface area contributed by atoms with Gasteiger partial charge in [0.15, 0.2) is 0 Å². The van der Waals surface area contributed by atoms with E-state index in [1.54, 1.807) is 0 Å². The summed E-state index contributed by atoms with van der Waals surface area (Å²) in [6.45, 7) is 6.34. The summed E-state index contributed by atoms with van der Waals surface area (Å²) in [6, 6.07) is 21.2. The lowest BCUT2D eigenvalue weighted by Crippen LogP contribution is -1.97. The molecule has 0 aliphatic heterocycles. The topological polar surface area (TPSA) is 17.3 Å². The van der Waals surface area contributed by atoms with E-state index in [-0.39, 0.29) is 0 Å². The van der Waals surface area contributed by atoms with Gasteiger partial charge in [0.05, 0.1) is 5.69 Å². The molecule has 24 heavy (non-hydrogen) atoms. The Bertz CT molecular complexity index is 945. The van der Waals surface area contributed by atoms with E-state index in [9.17, 15) is 0 Å². The van der Waals surface area contributed by atoms with Crippen molar-refractivity contribution in [2.75, 3.05) is 0 Å². The van der Waals surface area contributed by atoms with E-state index in [1.807, 2.05) is 6.07 Å². The number of hydrogen-bond acceptors (Lipinski definition) is 1. The highest BCUT2D eigenvalue weighted by atomic mass is 15.0. The molecule has 0 N–H and O–H groups in total. The molecule has 0 radical (unpaired) electrons. The van der Waals surface area contributed by atoms with Crippen LogP contribution in [0.2, 0.25) is 0 Å². The SMILES string of the molecule is CCC.Cc1nc2ccccn2c1Cc1cccc2ccccc12. The molecule has 2 heterocycles. The van der Waals surface area contributed by atoms with Gasteiger partial charge in [0, 0.05) is 18.3 Å². The average molecular weight is 316 g/mol. The predicted molar refractivity (Wildman–Crippen MR) is 103 cm³/mol. The van der Waals surface area contributed by atoms with E-state index >= 15 is 0 Å². The van der Waals surface area contributed by atoms with Crippen LogP contribution >= 0.6 is 0 Å². The van der Waals surface area contributed by atoms with Crippen LogP contribution in [-0.2, 0) is 6.42 Å². The molecule has 0 bridgehead atoms. The minimum absolute atomic E-state index is 0.901. The highest BCUT2D eigenvalue weighted by Crippen LogP contribution is 2.23. The Hall–Kier alpha value is -2.61. The molecule has 2 nitrogen and oxygen atoms in total. The first-order valence-corrected chi connectivity index (χ1v) is 8.63. The lowest BCUT2D eigenvalue weighted by molar-refractivity contribution is 1.01. The first-order chi connectivity index (χ1) is 11.7. The maximum atomic E-state index is 4.65. The van der Waals surface area contributed by atoms with Crippen molar-refractivity contribution < 1.29 is 0 Å². The number of aromatic nitrogens is 2. The summed E-state index contributed by atoms with van der Waals surface area (Å²) in [4.78, 5) is 4.65. The standard InChI is InChI=1S/C19H16N2.C3H8/c1-14-18(21-12-5-4-11-19(21)20-14)13-16-9-6-8-15-7-2-3-10-17(15)16;1-3-2/h2-12H,13H2,1H3;3H2,1-2H3. The van der Waals surface area contributed by atoms with Crippen LogP contribution in [0.3, 0.4) is 0 Å². The molecule has 0 saturated heterocycles. The van der Waals surface area contributed by atoms with Gasteiger partial charge in [-0.05, 0) is 35.4 Å². The van der Waals surface area contributed by atoms with Crippen molar-refractivity contribution in [3.63, 3.8) is 0 Å². The molecule has 0 saturated carbocycles. The van der Waals surface area contributed by atoms with Crippen molar-refractivity contribution in [2.24, 2.45) is 0 Å². The normalized spacial score (nSPS) is 10.6. The van der Waals surface area contributed by atoms with Crippen LogP contribution in [-0.4, -0.2) is 9.38 Å². The number of fused-ring (bicyclic) bond motifs is 2. The van der Waals surface area contributed by atoms with Crippen molar-refractivity contribution in [1.29, 1.82) is 0 Å². The number of nitrogens with zero attached hydrogens (tertiary/aromatic N) is 2. The van der Waals surface area contributed by atoms with Crippen molar-refractivity contribution in [3.8, 4) is 0 Å². The zero-order valence-corrected chi connectivity index (χ0v) is 14.7. The summed E-state index contributed by atoms with van der Waals surface area (Å²) >= 11 is 0. The summed E-state index contributed by atoms with van der Waals surface area (Å²) in [6.07, 6.45) is 4.24. The molecule has 0 amide bonds. The number of rotatable bonds is 2. The molecule has 2 aromatic heterocycles. The molecule has 122 valence electrons. The molecular weight excluding hydrogens is 292 g/mol. The van der Waals surface area contributed by atoms with Crippen molar-refractivity contribution in [2.45, 2.75) is 33.6 Å². The van der Waals surface area contributed by atoms with Gasteiger partial charge in [-0.25, -0.2) is 4.98 Å². The van der Waals surface area contributed by atoms with Crippen molar-refractivity contribution >= 4 is 16.4 Å². The van der Waals surface area contributed by atoms with E-state index < -0.39 is 0 Å². The number of aryl methyl sites for hydroxylation is 1. The van der Waals surface area contributed by atoms with Gasteiger partial charge in [-0.15, -0.1) is 0 Å². The summed E-state index contributed by atoms with van der Waals surface area (Å²) in [7, 11) is 0. The molecule has 0 fully saturated rings. The molecule has 2 aromatic carbocycles. The highest BCUT2D eigenvalue weighted by Gasteiger charge is 2.10. The Balaban J connectivity index is 0.000000526. The van der Waals surface area contributed by atoms with E-state index in [0.29, 0.717) is 0 Å². The molecular formula is C22H24N2. The maximum Gasteiger partial charge on any atom is 0.137 e. The van der Waals surface area contributed by atoms with Crippen LogP contribution in [0, 0.1) is 6.92 Å². The van der Waals surface area contributed by atoms with Gasteiger partial charge >= 0.3 is 0 Å². The fourth-order valence-corrected chi connectivity index (χ4v) is 3.00. The van der Waals surface area contributed by atoms with Gasteiger partial charge in [0.2, 0.25) is 0 Å². The zero-order chi connectivity index (χ0) is 16.9. The third-order valence-electron chi connectivity index (χ3n) is 4.07. The van der Waals surface area contributed by atoms with Crippen LogP contribution in [0.1, 0.15) is 37.2 Å². The van der Waals surface area contributed by atoms with E-state index in [4.69, 9.17) is 0 Å². The van der Waals surface area contributed by atoms with E-state index in [1.165, 1.54) is 28.5 Å². The fraction of sp³-hybridized carbons (Fsp3) is 0.227. The summed E-state index contributed by atoms with van der Waals surface area (Å²) in [5, 5.41) is 2.62. The highest BCUT2D eigenvalue weighted by molar-refractivity contribution is 5.85. The van der Waals surface area contributed by atoms with Gasteiger partial charge in [-0.3, -0.25) is 0 Å². The lowest BCUT2D eigenvalue weighted by Gasteiger charge is -2.07. The third-order valence-corrected chi connectivity index (χ3v) is 4.07. The molecule has 0 spiro atoms. The second kappa shape index (κ2) is 7.31. The van der Waals surface area contributed by atoms with Crippen LogP contribution in [0.15, 0.2) is 66.9 Å². The molecule has 0 unspecified atom stereocenters. The Labute approximate surface area is 143 Å². The summed E-state index contributed by atoms with van der Waals surface area (Å²) in [5.74, 6) is 0. The predicted octanol–water partition coefficient (Wildman–Crippen LogP) is 5.80. The van der Waals surface area contributed by atoms with Crippen LogP contribution in [0.25, 0.3) is 16.4 Å². The van der Waals surface area contributed by atoms with E-state index in [0.717, 1.165) is 17.8 Å². The van der Waals surface area contributed by atoms with Gasteiger partial charge < -0.3 is 4.40 Å². The Morgan fingerprint density at radius 1 is 0.875 bits per heavy atom. The second-order valence-corrected chi connectivity index (χ2v) is 6.09. The van der Waals surface area contributed by atoms with Crippen LogP contribution < -0.4 is 0 Å². The minimum Gasteiger partial charge on any atom is -0.303 e. The number of hydrogen-bond donors (Lipinski definition) is 0. The Kier molecular flexibility index (Phi) is 4.95. The molecule has 0 aliphatic carbocycles. The number of benzene rings is 2. The largest absolute Gasteiger partial charge is 0.303 e. The smallest absolute Gasteiger partial charge is 0.137 e. The Morgan fingerprint density at radius 3 is 2.42 bits per heavy atom. The van der Waals surface area contributed by atoms with Gasteiger partial charge in [-0.1, -0.05) is 68.8 Å². The minimum atomic E-state index is 0.901.